The molecular formula is C13H14N2O5. The van der Waals surface area contributed by atoms with Crippen molar-refractivity contribution in [1.29, 1.82) is 0 Å². The van der Waals surface area contributed by atoms with Crippen LogP contribution in [-0.4, -0.2) is 41.2 Å². The summed E-state index contributed by atoms with van der Waals surface area (Å²) in [4.78, 5) is 22.5. The van der Waals surface area contributed by atoms with E-state index in [1.807, 2.05) is 6.08 Å². The Kier molecular flexibility index (Phi) is 3.88. The number of carbonyl (C=O) groups is 1. The van der Waals surface area contributed by atoms with Crippen LogP contribution in [0.15, 0.2) is 24.3 Å². The molecule has 0 saturated heterocycles. The molecular weight excluding hydrogens is 264 g/mol. The Balaban J connectivity index is 2.26. The lowest BCUT2D eigenvalue weighted by Crippen LogP contribution is -2.33. The number of benzene rings is 1. The van der Waals surface area contributed by atoms with Crippen LogP contribution in [0.5, 0.6) is 5.75 Å². The Hall–Kier alpha value is -2.57. The Morgan fingerprint density at radius 2 is 2.25 bits per heavy atom. The molecule has 0 radical (unpaired) electrons. The molecule has 0 unspecified atom stereocenters. The van der Waals surface area contributed by atoms with Gasteiger partial charge in [-0.05, 0) is 29.7 Å². The van der Waals surface area contributed by atoms with E-state index in [4.69, 9.17) is 9.84 Å². The lowest BCUT2D eigenvalue weighted by atomic mass is 9.99. The molecule has 1 aromatic rings. The Morgan fingerprint density at radius 3 is 2.75 bits per heavy atom. The summed E-state index contributed by atoms with van der Waals surface area (Å²) in [5.41, 5.74) is 1.70. The zero-order valence-electron chi connectivity index (χ0n) is 10.9. The number of carboxylic acid groups (broad SMARTS) is 1. The SMILES string of the molecule is COc1cc(C2=CCN(C(=O)O)CC2)ccc1[N+](=O)[O-]. The second-order valence-corrected chi connectivity index (χ2v) is 4.35. The van der Waals surface area contributed by atoms with E-state index < -0.39 is 11.0 Å². The number of rotatable bonds is 3. The van der Waals surface area contributed by atoms with E-state index in [1.165, 1.54) is 18.1 Å². The minimum Gasteiger partial charge on any atom is -0.490 e. The molecule has 1 aliphatic heterocycles. The van der Waals surface area contributed by atoms with Crippen molar-refractivity contribution in [3.8, 4) is 5.75 Å². The molecule has 1 aromatic carbocycles. The lowest BCUT2D eigenvalue weighted by Gasteiger charge is -2.23. The van der Waals surface area contributed by atoms with Crippen molar-refractivity contribution < 1.29 is 19.6 Å². The Bertz CT molecular complexity index is 582. The predicted octanol–water partition coefficient (Wildman–Crippen LogP) is 2.37. The number of amides is 1. The summed E-state index contributed by atoms with van der Waals surface area (Å²) >= 11 is 0. The minimum absolute atomic E-state index is 0.0835. The van der Waals surface area contributed by atoms with E-state index in [1.54, 1.807) is 12.1 Å². The maximum atomic E-state index is 10.8. The summed E-state index contributed by atoms with van der Waals surface area (Å²) in [6.45, 7) is 0.741. The number of nitro groups is 1. The van der Waals surface area contributed by atoms with Gasteiger partial charge >= 0.3 is 11.8 Å². The summed E-state index contributed by atoms with van der Waals surface area (Å²) in [6, 6.07) is 4.67. The second kappa shape index (κ2) is 5.60. The van der Waals surface area contributed by atoms with Crippen molar-refractivity contribution in [1.82, 2.24) is 4.90 Å². The fraction of sp³-hybridized carbons (Fsp3) is 0.308. The molecule has 0 fully saturated rings. The number of nitrogens with zero attached hydrogens (tertiary/aromatic N) is 2. The third kappa shape index (κ3) is 2.71. The number of hydrogen-bond acceptors (Lipinski definition) is 4. The van der Waals surface area contributed by atoms with Crippen LogP contribution in [0.3, 0.4) is 0 Å². The fourth-order valence-electron chi connectivity index (χ4n) is 2.13. The van der Waals surface area contributed by atoms with Crippen molar-refractivity contribution in [3.63, 3.8) is 0 Å². The van der Waals surface area contributed by atoms with Crippen molar-refractivity contribution in [2.45, 2.75) is 6.42 Å². The molecule has 0 bridgehead atoms. The first kappa shape index (κ1) is 13.9. The van der Waals surface area contributed by atoms with Gasteiger partial charge in [0.1, 0.15) is 0 Å². The van der Waals surface area contributed by atoms with Gasteiger partial charge in [-0.3, -0.25) is 10.1 Å². The van der Waals surface area contributed by atoms with Crippen LogP contribution in [0, 0.1) is 10.1 Å². The standard InChI is InChI=1S/C13H14N2O5/c1-20-12-8-10(2-3-11(12)15(18)19)9-4-6-14(7-5-9)13(16)17/h2-4,8H,5-7H2,1H3,(H,16,17). The highest BCUT2D eigenvalue weighted by atomic mass is 16.6. The van der Waals surface area contributed by atoms with Crippen LogP contribution in [-0.2, 0) is 0 Å². The monoisotopic (exact) mass is 278 g/mol. The lowest BCUT2D eigenvalue weighted by molar-refractivity contribution is -0.385. The first-order valence-electron chi connectivity index (χ1n) is 6.02. The van der Waals surface area contributed by atoms with Gasteiger partial charge in [-0.2, -0.15) is 0 Å². The first-order chi connectivity index (χ1) is 9.52. The number of ether oxygens (including phenoxy) is 1. The summed E-state index contributed by atoms with van der Waals surface area (Å²) in [5, 5.41) is 19.7. The van der Waals surface area contributed by atoms with Gasteiger partial charge in [0, 0.05) is 19.2 Å². The van der Waals surface area contributed by atoms with E-state index >= 15 is 0 Å². The minimum atomic E-state index is -0.943. The Labute approximate surface area is 115 Å². The maximum Gasteiger partial charge on any atom is 0.407 e. The molecule has 1 N–H and O–H groups in total. The van der Waals surface area contributed by atoms with E-state index in [-0.39, 0.29) is 11.4 Å². The summed E-state index contributed by atoms with van der Waals surface area (Å²) in [6.07, 6.45) is 1.45. The predicted molar refractivity (Wildman–Crippen MR) is 71.8 cm³/mol. The number of hydrogen-bond donors (Lipinski definition) is 1. The van der Waals surface area contributed by atoms with Gasteiger partial charge < -0.3 is 14.7 Å². The largest absolute Gasteiger partial charge is 0.490 e. The normalized spacial score (nSPS) is 14.7. The van der Waals surface area contributed by atoms with E-state index in [0.29, 0.717) is 19.5 Å². The molecule has 1 amide bonds. The smallest absolute Gasteiger partial charge is 0.407 e. The van der Waals surface area contributed by atoms with Crippen molar-refractivity contribution in [2.75, 3.05) is 20.2 Å². The van der Waals surface area contributed by atoms with Crippen molar-refractivity contribution >= 4 is 17.4 Å². The number of nitro benzene ring substituents is 1. The molecule has 0 aromatic heterocycles. The van der Waals surface area contributed by atoms with Gasteiger partial charge in [-0.25, -0.2) is 4.79 Å². The summed E-state index contributed by atoms with van der Waals surface area (Å²) in [5.74, 6) is 0.203. The third-order valence-corrected chi connectivity index (χ3v) is 3.23. The van der Waals surface area contributed by atoms with Crippen LogP contribution in [0.1, 0.15) is 12.0 Å². The molecule has 0 aliphatic carbocycles. The molecule has 0 spiro atoms. The van der Waals surface area contributed by atoms with Gasteiger partial charge in [-0.1, -0.05) is 6.08 Å². The number of methoxy groups -OCH3 is 1. The average molecular weight is 278 g/mol. The zero-order chi connectivity index (χ0) is 14.7. The first-order valence-corrected chi connectivity index (χ1v) is 6.02. The van der Waals surface area contributed by atoms with E-state index in [9.17, 15) is 14.9 Å². The molecule has 1 aliphatic rings. The maximum absolute atomic E-state index is 10.8. The third-order valence-electron chi connectivity index (χ3n) is 3.23. The highest BCUT2D eigenvalue weighted by molar-refractivity contribution is 5.72. The van der Waals surface area contributed by atoms with Gasteiger partial charge in [0.05, 0.1) is 12.0 Å². The van der Waals surface area contributed by atoms with Gasteiger partial charge in [0.2, 0.25) is 0 Å². The average Bonchev–Trinajstić information content (AvgIpc) is 2.46. The molecule has 1 heterocycles. The molecule has 7 heteroatoms. The molecule has 2 rings (SSSR count). The quantitative estimate of drug-likeness (QED) is 0.676. The van der Waals surface area contributed by atoms with Crippen LogP contribution in [0.2, 0.25) is 0 Å². The highest BCUT2D eigenvalue weighted by Crippen LogP contribution is 2.32. The topological polar surface area (TPSA) is 92.9 Å². The Morgan fingerprint density at radius 1 is 1.50 bits per heavy atom. The van der Waals surface area contributed by atoms with Crippen molar-refractivity contribution in [3.05, 3.63) is 40.0 Å². The van der Waals surface area contributed by atoms with Gasteiger partial charge in [0.15, 0.2) is 5.75 Å². The molecule has 0 saturated carbocycles. The summed E-state index contributed by atoms with van der Waals surface area (Å²) in [7, 11) is 1.38. The molecule has 7 nitrogen and oxygen atoms in total. The van der Waals surface area contributed by atoms with E-state index in [0.717, 1.165) is 11.1 Å². The van der Waals surface area contributed by atoms with Gasteiger partial charge in [-0.15, -0.1) is 0 Å². The van der Waals surface area contributed by atoms with Crippen LogP contribution < -0.4 is 4.74 Å². The van der Waals surface area contributed by atoms with Crippen LogP contribution in [0.25, 0.3) is 5.57 Å². The molecule has 0 atom stereocenters. The van der Waals surface area contributed by atoms with Crippen molar-refractivity contribution in [2.24, 2.45) is 0 Å². The van der Waals surface area contributed by atoms with Gasteiger partial charge in [0.25, 0.3) is 0 Å². The van der Waals surface area contributed by atoms with Crippen LogP contribution >= 0.6 is 0 Å². The highest BCUT2D eigenvalue weighted by Gasteiger charge is 2.19. The molecule has 106 valence electrons. The summed E-state index contributed by atoms with van der Waals surface area (Å²) < 4.78 is 5.02. The molecule has 20 heavy (non-hydrogen) atoms. The van der Waals surface area contributed by atoms with E-state index in [2.05, 4.69) is 0 Å². The zero-order valence-corrected chi connectivity index (χ0v) is 10.9. The van der Waals surface area contributed by atoms with Crippen LogP contribution in [0.4, 0.5) is 10.5 Å². The second-order valence-electron chi connectivity index (χ2n) is 4.35. The fourth-order valence-corrected chi connectivity index (χ4v) is 2.13.